The number of benzene rings is 1. The van der Waals surface area contributed by atoms with Gasteiger partial charge in [-0.05, 0) is 54.2 Å². The lowest BCUT2D eigenvalue weighted by atomic mass is 9.94. The molecular formula is C24H24F3N5O. The number of carbonyl (C=O) groups excluding carboxylic acids is 1. The third kappa shape index (κ3) is 3.79. The molecule has 3 heterocycles. The Hall–Kier alpha value is -3.23. The number of nitrogens with zero attached hydrogens (tertiary/aromatic N) is 5. The van der Waals surface area contributed by atoms with Gasteiger partial charge in [0, 0.05) is 30.1 Å². The molecule has 1 saturated carbocycles. The Morgan fingerprint density at radius 3 is 2.61 bits per heavy atom. The summed E-state index contributed by atoms with van der Waals surface area (Å²) in [5, 5.41) is 8.10. The van der Waals surface area contributed by atoms with Gasteiger partial charge in [-0.1, -0.05) is 19.9 Å². The largest absolute Gasteiger partial charge is 0.416 e. The van der Waals surface area contributed by atoms with Gasteiger partial charge in [0.05, 0.1) is 12.1 Å². The van der Waals surface area contributed by atoms with Crippen molar-refractivity contribution in [3.63, 3.8) is 0 Å². The molecule has 1 aromatic carbocycles. The van der Waals surface area contributed by atoms with Gasteiger partial charge in [0.25, 0.3) is 5.91 Å². The Morgan fingerprint density at radius 1 is 1.21 bits per heavy atom. The van der Waals surface area contributed by atoms with E-state index in [4.69, 9.17) is 4.98 Å². The molecule has 0 N–H and O–H groups in total. The summed E-state index contributed by atoms with van der Waals surface area (Å²) in [6, 6.07) is 7.65. The molecule has 3 aromatic rings. The minimum Gasteiger partial charge on any atom is -0.321 e. The molecule has 2 aliphatic rings. The van der Waals surface area contributed by atoms with Crippen molar-refractivity contribution in [2.75, 3.05) is 4.90 Å². The Kier molecular flexibility index (Phi) is 4.84. The fourth-order valence-corrected chi connectivity index (χ4v) is 4.38. The molecular weight excluding hydrogens is 431 g/mol. The smallest absolute Gasteiger partial charge is 0.321 e. The Bertz CT molecular complexity index is 1250. The van der Waals surface area contributed by atoms with Crippen LogP contribution < -0.4 is 4.90 Å². The molecule has 5 rings (SSSR count). The third-order valence-electron chi connectivity index (χ3n) is 6.87. The zero-order valence-electron chi connectivity index (χ0n) is 18.6. The number of halogens is 3. The van der Waals surface area contributed by atoms with Gasteiger partial charge in [0.15, 0.2) is 0 Å². The molecule has 1 fully saturated rings. The van der Waals surface area contributed by atoms with Crippen molar-refractivity contribution in [3.8, 4) is 0 Å². The number of carbonyl (C=O) groups is 1. The summed E-state index contributed by atoms with van der Waals surface area (Å²) in [5.74, 6) is 0.837. The molecule has 6 nitrogen and oxygen atoms in total. The van der Waals surface area contributed by atoms with Crippen LogP contribution in [0.15, 0.2) is 36.7 Å². The fourth-order valence-electron chi connectivity index (χ4n) is 4.38. The lowest BCUT2D eigenvalue weighted by Gasteiger charge is -2.21. The van der Waals surface area contributed by atoms with Crippen molar-refractivity contribution in [2.24, 2.45) is 7.05 Å². The number of hydrogen-bond acceptors (Lipinski definition) is 4. The maximum atomic E-state index is 13.6. The molecule has 0 radical (unpaired) electrons. The van der Waals surface area contributed by atoms with Crippen molar-refractivity contribution in [3.05, 3.63) is 70.4 Å². The third-order valence-corrected chi connectivity index (χ3v) is 6.87. The van der Waals surface area contributed by atoms with Crippen LogP contribution in [0.3, 0.4) is 0 Å². The van der Waals surface area contributed by atoms with E-state index in [1.54, 1.807) is 6.33 Å². The minimum absolute atomic E-state index is 0.00789. The van der Waals surface area contributed by atoms with Crippen LogP contribution in [0.2, 0.25) is 0 Å². The lowest BCUT2D eigenvalue weighted by Crippen LogP contribution is -2.25. The monoisotopic (exact) mass is 455 g/mol. The van der Waals surface area contributed by atoms with Crippen molar-refractivity contribution in [1.82, 2.24) is 19.7 Å². The van der Waals surface area contributed by atoms with Crippen molar-refractivity contribution in [1.29, 1.82) is 0 Å². The molecule has 33 heavy (non-hydrogen) atoms. The summed E-state index contributed by atoms with van der Waals surface area (Å²) in [4.78, 5) is 19.3. The molecule has 0 saturated heterocycles. The number of fused-ring (bicyclic) bond motifs is 1. The quantitative estimate of drug-likeness (QED) is 0.555. The van der Waals surface area contributed by atoms with Gasteiger partial charge >= 0.3 is 6.18 Å². The van der Waals surface area contributed by atoms with Crippen LogP contribution in [-0.2, 0) is 31.6 Å². The molecule has 1 amide bonds. The van der Waals surface area contributed by atoms with Gasteiger partial charge in [0.2, 0.25) is 0 Å². The highest BCUT2D eigenvalue weighted by Gasteiger charge is 2.43. The first-order valence-electron chi connectivity index (χ1n) is 10.9. The SMILES string of the molecule is C[C@H](Cc1nncn1C)c1cc(N2Cc3c(cccc3C(F)(F)F)C2=O)nc(C2(C)CC2)c1. The molecule has 1 aliphatic heterocycles. The van der Waals surface area contributed by atoms with Crippen LogP contribution in [0.25, 0.3) is 0 Å². The fraction of sp³-hybridized carbons (Fsp3) is 0.417. The molecule has 9 heteroatoms. The predicted molar refractivity (Wildman–Crippen MR) is 116 cm³/mol. The van der Waals surface area contributed by atoms with E-state index < -0.39 is 17.6 Å². The van der Waals surface area contributed by atoms with E-state index in [0.717, 1.165) is 36.0 Å². The van der Waals surface area contributed by atoms with E-state index in [0.29, 0.717) is 12.2 Å². The highest BCUT2D eigenvalue weighted by Crippen LogP contribution is 2.48. The molecule has 172 valence electrons. The van der Waals surface area contributed by atoms with Gasteiger partial charge in [0.1, 0.15) is 18.0 Å². The van der Waals surface area contributed by atoms with Gasteiger partial charge in [-0.15, -0.1) is 10.2 Å². The number of aryl methyl sites for hydroxylation is 1. The molecule has 1 atom stereocenters. The van der Waals surface area contributed by atoms with Gasteiger partial charge in [-0.3, -0.25) is 9.69 Å². The second kappa shape index (κ2) is 7.40. The summed E-state index contributed by atoms with van der Waals surface area (Å²) < 4.78 is 42.5. The van der Waals surface area contributed by atoms with Crippen molar-refractivity contribution >= 4 is 11.7 Å². The normalized spacial score (nSPS) is 17.9. The van der Waals surface area contributed by atoms with Crippen LogP contribution in [0.1, 0.15) is 71.2 Å². The number of hydrogen-bond donors (Lipinski definition) is 0. The number of aromatic nitrogens is 4. The number of pyridine rings is 1. The number of amides is 1. The highest BCUT2D eigenvalue weighted by molar-refractivity contribution is 6.09. The summed E-state index contributed by atoms with van der Waals surface area (Å²) in [5.41, 5.74) is 1.11. The molecule has 1 aliphatic carbocycles. The van der Waals surface area contributed by atoms with Crippen LogP contribution in [-0.4, -0.2) is 25.7 Å². The zero-order chi connectivity index (χ0) is 23.5. The first-order chi connectivity index (χ1) is 15.6. The van der Waals surface area contributed by atoms with E-state index in [1.165, 1.54) is 17.0 Å². The van der Waals surface area contributed by atoms with Gasteiger partial charge in [-0.2, -0.15) is 13.2 Å². The first kappa shape index (κ1) is 21.6. The molecule has 0 unspecified atom stereocenters. The second-order valence-corrected chi connectivity index (χ2v) is 9.39. The van der Waals surface area contributed by atoms with Gasteiger partial charge in [-0.25, -0.2) is 4.98 Å². The molecule has 0 bridgehead atoms. The zero-order valence-corrected chi connectivity index (χ0v) is 18.6. The maximum Gasteiger partial charge on any atom is 0.416 e. The van der Waals surface area contributed by atoms with E-state index in [2.05, 4.69) is 30.1 Å². The topological polar surface area (TPSA) is 63.9 Å². The van der Waals surface area contributed by atoms with E-state index in [9.17, 15) is 18.0 Å². The molecule has 2 aromatic heterocycles. The Labute approximate surface area is 189 Å². The summed E-state index contributed by atoms with van der Waals surface area (Å²) in [6.45, 7) is 4.04. The number of anilines is 1. The Balaban J connectivity index is 1.54. The van der Waals surface area contributed by atoms with Crippen LogP contribution >= 0.6 is 0 Å². The summed E-state index contributed by atoms with van der Waals surface area (Å²) >= 11 is 0. The minimum atomic E-state index is -4.52. The average Bonchev–Trinajstić information content (AvgIpc) is 3.26. The number of rotatable bonds is 5. The van der Waals surface area contributed by atoms with Crippen LogP contribution in [0.5, 0.6) is 0 Å². The Morgan fingerprint density at radius 2 is 1.97 bits per heavy atom. The van der Waals surface area contributed by atoms with E-state index in [1.807, 2.05) is 17.7 Å². The maximum absolute atomic E-state index is 13.6. The lowest BCUT2D eigenvalue weighted by molar-refractivity contribution is -0.138. The van der Waals surface area contributed by atoms with Crippen LogP contribution in [0, 0.1) is 0 Å². The average molecular weight is 455 g/mol. The first-order valence-corrected chi connectivity index (χ1v) is 10.9. The van der Waals surface area contributed by atoms with Crippen molar-refractivity contribution < 1.29 is 18.0 Å². The highest BCUT2D eigenvalue weighted by atomic mass is 19.4. The van der Waals surface area contributed by atoms with Crippen LogP contribution in [0.4, 0.5) is 19.0 Å². The van der Waals surface area contributed by atoms with Gasteiger partial charge < -0.3 is 4.57 Å². The molecule has 0 spiro atoms. The van der Waals surface area contributed by atoms with Crippen molar-refractivity contribution in [2.45, 2.75) is 57.2 Å². The standard InChI is InChI=1S/C24H24F3N5O/c1-14(9-21-30-28-13-31(21)3)15-10-19(23(2)7-8-23)29-20(11-15)32-12-17-16(22(32)33)5-4-6-18(17)24(25,26)27/h4-6,10-11,13-14H,7-9,12H2,1-3H3/t14-/m1/s1. The number of alkyl halides is 3. The predicted octanol–water partition coefficient (Wildman–Crippen LogP) is 4.79. The van der Waals surface area contributed by atoms with E-state index in [-0.39, 0.29) is 29.0 Å². The summed E-state index contributed by atoms with van der Waals surface area (Å²) in [6.07, 6.45) is -0.244. The summed E-state index contributed by atoms with van der Waals surface area (Å²) in [7, 11) is 1.88. The van der Waals surface area contributed by atoms with E-state index >= 15 is 0 Å². The second-order valence-electron chi connectivity index (χ2n) is 9.39.